The largest absolute Gasteiger partial charge is 0.483 e. The van der Waals surface area contributed by atoms with Gasteiger partial charge in [0.05, 0.1) is 5.69 Å². The average Bonchev–Trinajstić information content (AvgIpc) is 2.41. The van der Waals surface area contributed by atoms with Crippen LogP contribution in [0.1, 0.15) is 32.6 Å². The van der Waals surface area contributed by atoms with E-state index in [1.165, 1.54) is 5.56 Å². The fraction of sp³-hybridized carbons (Fsp3) is 0.278. The molecule has 21 heavy (non-hydrogen) atoms. The number of aryl methyl sites for hydroxylation is 4. The topological polar surface area (TPSA) is 52.3 Å². The van der Waals surface area contributed by atoms with Gasteiger partial charge in [-0.15, -0.1) is 0 Å². The van der Waals surface area contributed by atoms with Crippen LogP contribution in [-0.4, -0.2) is 12.4 Å². The van der Waals surface area contributed by atoms with Gasteiger partial charge in [0.25, 0.3) is 0 Å². The molecular formula is C18H21NO2. The summed E-state index contributed by atoms with van der Waals surface area (Å²) in [5.41, 5.74) is 11.5. The maximum atomic E-state index is 12.3. The lowest BCUT2D eigenvalue weighted by Gasteiger charge is -2.11. The Balaban J connectivity index is 2.13. The predicted molar refractivity (Wildman–Crippen MR) is 86.1 cm³/mol. The highest BCUT2D eigenvalue weighted by atomic mass is 16.5. The summed E-state index contributed by atoms with van der Waals surface area (Å²) in [5.74, 6) is 0.519. The summed E-state index contributed by atoms with van der Waals surface area (Å²) in [6, 6.07) is 9.50. The Kier molecular flexibility index (Phi) is 4.32. The van der Waals surface area contributed by atoms with Crippen LogP contribution in [0.2, 0.25) is 0 Å². The zero-order valence-electron chi connectivity index (χ0n) is 13.0. The van der Waals surface area contributed by atoms with E-state index in [-0.39, 0.29) is 12.4 Å². The van der Waals surface area contributed by atoms with Crippen molar-refractivity contribution in [1.29, 1.82) is 0 Å². The maximum absolute atomic E-state index is 12.3. The zero-order chi connectivity index (χ0) is 15.6. The second-order valence-electron chi connectivity index (χ2n) is 5.50. The van der Waals surface area contributed by atoms with E-state index in [1.807, 2.05) is 52.0 Å². The van der Waals surface area contributed by atoms with Gasteiger partial charge in [-0.25, -0.2) is 0 Å². The Labute approximate surface area is 125 Å². The van der Waals surface area contributed by atoms with Gasteiger partial charge in [0, 0.05) is 5.56 Å². The molecule has 3 heteroatoms. The molecule has 3 nitrogen and oxygen atoms in total. The van der Waals surface area contributed by atoms with Crippen LogP contribution in [0.4, 0.5) is 5.69 Å². The van der Waals surface area contributed by atoms with Gasteiger partial charge in [0.2, 0.25) is 0 Å². The van der Waals surface area contributed by atoms with Crippen LogP contribution >= 0.6 is 0 Å². The van der Waals surface area contributed by atoms with Crippen LogP contribution in [0.15, 0.2) is 30.3 Å². The lowest BCUT2D eigenvalue weighted by molar-refractivity contribution is 0.0921. The quantitative estimate of drug-likeness (QED) is 0.686. The number of rotatable bonds is 4. The Morgan fingerprint density at radius 1 is 1.00 bits per heavy atom. The fourth-order valence-electron chi connectivity index (χ4n) is 2.28. The van der Waals surface area contributed by atoms with Crippen molar-refractivity contribution in [2.45, 2.75) is 27.7 Å². The van der Waals surface area contributed by atoms with E-state index in [2.05, 4.69) is 0 Å². The molecule has 0 bridgehead atoms. The number of carbonyl (C=O) groups excluding carboxylic acids is 1. The van der Waals surface area contributed by atoms with Gasteiger partial charge >= 0.3 is 0 Å². The van der Waals surface area contributed by atoms with Crippen molar-refractivity contribution in [1.82, 2.24) is 0 Å². The van der Waals surface area contributed by atoms with Crippen molar-refractivity contribution in [3.8, 4) is 5.75 Å². The van der Waals surface area contributed by atoms with E-state index in [9.17, 15) is 4.79 Å². The Morgan fingerprint density at radius 3 is 2.33 bits per heavy atom. The van der Waals surface area contributed by atoms with Gasteiger partial charge in [-0.3, -0.25) is 4.79 Å². The number of ketones is 1. The molecule has 110 valence electrons. The standard InChI is InChI=1S/C18H21NO2/c1-11-5-6-18(16(19)7-11)21-10-17(20)15-9-13(3)12(2)8-14(15)4/h5-9H,10,19H2,1-4H3. The summed E-state index contributed by atoms with van der Waals surface area (Å²) in [4.78, 5) is 12.3. The summed E-state index contributed by atoms with van der Waals surface area (Å²) < 4.78 is 5.56. The van der Waals surface area contributed by atoms with Crippen molar-refractivity contribution in [3.63, 3.8) is 0 Å². The lowest BCUT2D eigenvalue weighted by atomic mass is 9.98. The van der Waals surface area contributed by atoms with Gasteiger partial charge in [0.1, 0.15) is 5.75 Å². The van der Waals surface area contributed by atoms with Gasteiger partial charge in [-0.05, 0) is 68.1 Å². The van der Waals surface area contributed by atoms with E-state index in [1.54, 1.807) is 6.07 Å². The molecule has 0 radical (unpaired) electrons. The molecule has 2 rings (SSSR count). The molecule has 0 fully saturated rings. The molecule has 2 aromatic rings. The molecule has 0 atom stereocenters. The second kappa shape index (κ2) is 6.00. The summed E-state index contributed by atoms with van der Waals surface area (Å²) in [6.07, 6.45) is 0. The first kappa shape index (κ1) is 15.1. The predicted octanol–water partition coefficient (Wildman–Crippen LogP) is 3.76. The highest BCUT2D eigenvalue weighted by molar-refractivity contribution is 5.98. The molecule has 0 aliphatic carbocycles. The summed E-state index contributed by atoms with van der Waals surface area (Å²) in [7, 11) is 0. The molecule has 0 spiro atoms. The van der Waals surface area contributed by atoms with Crippen LogP contribution in [0.5, 0.6) is 5.75 Å². The second-order valence-corrected chi connectivity index (χ2v) is 5.50. The Morgan fingerprint density at radius 2 is 1.67 bits per heavy atom. The van der Waals surface area contributed by atoms with Gasteiger partial charge in [-0.1, -0.05) is 12.1 Å². The fourth-order valence-corrected chi connectivity index (χ4v) is 2.28. The van der Waals surface area contributed by atoms with Crippen LogP contribution in [0, 0.1) is 27.7 Å². The normalized spacial score (nSPS) is 10.5. The molecule has 0 aliphatic heterocycles. The van der Waals surface area contributed by atoms with Crippen molar-refractivity contribution in [2.24, 2.45) is 0 Å². The molecule has 0 aliphatic rings. The summed E-state index contributed by atoms with van der Waals surface area (Å²) in [6.45, 7) is 7.95. The minimum Gasteiger partial charge on any atom is -0.483 e. The molecule has 0 aromatic heterocycles. The number of anilines is 1. The monoisotopic (exact) mass is 283 g/mol. The van der Waals surface area contributed by atoms with Crippen LogP contribution < -0.4 is 10.5 Å². The lowest BCUT2D eigenvalue weighted by Crippen LogP contribution is -2.14. The Hall–Kier alpha value is -2.29. The van der Waals surface area contributed by atoms with Gasteiger partial charge in [0.15, 0.2) is 12.4 Å². The number of benzene rings is 2. The third-order valence-corrected chi connectivity index (χ3v) is 3.67. The van der Waals surface area contributed by atoms with E-state index in [0.29, 0.717) is 17.0 Å². The minimum atomic E-state index is -0.0319. The van der Waals surface area contributed by atoms with E-state index in [0.717, 1.165) is 16.7 Å². The first-order valence-electron chi connectivity index (χ1n) is 6.98. The highest BCUT2D eigenvalue weighted by Gasteiger charge is 2.12. The van der Waals surface area contributed by atoms with Crippen molar-refractivity contribution in [3.05, 3.63) is 58.1 Å². The number of Topliss-reactive ketones (excluding diaryl/α,β-unsaturated/α-hetero) is 1. The number of carbonyl (C=O) groups is 1. The molecule has 0 saturated carbocycles. The van der Waals surface area contributed by atoms with E-state index in [4.69, 9.17) is 10.5 Å². The van der Waals surface area contributed by atoms with Crippen molar-refractivity contribution >= 4 is 11.5 Å². The van der Waals surface area contributed by atoms with E-state index >= 15 is 0 Å². The third kappa shape index (κ3) is 3.43. The van der Waals surface area contributed by atoms with Crippen LogP contribution in [0.3, 0.4) is 0 Å². The van der Waals surface area contributed by atoms with Crippen molar-refractivity contribution < 1.29 is 9.53 Å². The molecule has 0 amide bonds. The highest BCUT2D eigenvalue weighted by Crippen LogP contribution is 2.23. The molecular weight excluding hydrogens is 262 g/mol. The van der Waals surface area contributed by atoms with Crippen LogP contribution in [0.25, 0.3) is 0 Å². The van der Waals surface area contributed by atoms with Crippen molar-refractivity contribution in [2.75, 3.05) is 12.3 Å². The summed E-state index contributed by atoms with van der Waals surface area (Å²) in [5, 5.41) is 0. The average molecular weight is 283 g/mol. The number of hydrogen-bond donors (Lipinski definition) is 1. The number of nitrogens with two attached hydrogens (primary N) is 1. The number of ether oxygens (including phenoxy) is 1. The molecule has 2 aromatic carbocycles. The maximum Gasteiger partial charge on any atom is 0.200 e. The Bertz CT molecular complexity index is 690. The first-order chi connectivity index (χ1) is 9.88. The number of hydrogen-bond acceptors (Lipinski definition) is 3. The van der Waals surface area contributed by atoms with Crippen LogP contribution in [-0.2, 0) is 0 Å². The molecule has 0 saturated heterocycles. The third-order valence-electron chi connectivity index (χ3n) is 3.67. The van der Waals surface area contributed by atoms with Gasteiger partial charge in [-0.2, -0.15) is 0 Å². The zero-order valence-corrected chi connectivity index (χ0v) is 13.0. The summed E-state index contributed by atoms with van der Waals surface area (Å²) >= 11 is 0. The minimum absolute atomic E-state index is 0.00337. The molecule has 2 N–H and O–H groups in total. The van der Waals surface area contributed by atoms with Gasteiger partial charge < -0.3 is 10.5 Å². The SMILES string of the molecule is Cc1ccc(OCC(=O)c2cc(C)c(C)cc2C)c(N)c1. The number of nitrogen functional groups attached to an aromatic ring is 1. The molecule has 0 heterocycles. The smallest absolute Gasteiger partial charge is 0.200 e. The van der Waals surface area contributed by atoms with E-state index < -0.39 is 0 Å². The molecule has 0 unspecified atom stereocenters. The first-order valence-corrected chi connectivity index (χ1v) is 6.98.